The van der Waals surface area contributed by atoms with Crippen molar-refractivity contribution < 1.29 is 0 Å². The Morgan fingerprint density at radius 2 is 1.53 bits per heavy atom. The Morgan fingerprint density at radius 3 is 2.11 bits per heavy atom. The zero-order valence-electron chi connectivity index (χ0n) is 10.2. The van der Waals surface area contributed by atoms with Crippen molar-refractivity contribution in [3.63, 3.8) is 0 Å². The minimum atomic E-state index is 0.218. The average molecular weight is 315 g/mol. The lowest BCUT2D eigenvalue weighted by atomic mass is 9.92. The Morgan fingerprint density at radius 1 is 0.895 bits per heavy atom. The quantitative estimate of drug-likeness (QED) is 0.850. The third kappa shape index (κ3) is 3.87. The summed E-state index contributed by atoms with van der Waals surface area (Å²) >= 11 is 18.0. The normalized spacial score (nSPS) is 12.4. The molecule has 1 unspecified atom stereocenters. The van der Waals surface area contributed by atoms with Gasteiger partial charge in [0.05, 0.1) is 0 Å². The summed E-state index contributed by atoms with van der Waals surface area (Å²) in [6, 6.07) is 13.3. The molecule has 0 amide bonds. The Balaban J connectivity index is 2.21. The van der Waals surface area contributed by atoms with Gasteiger partial charge in [-0.3, -0.25) is 0 Å². The Kier molecular flexibility index (Phi) is 5.12. The van der Waals surface area contributed by atoms with E-state index in [1.54, 1.807) is 6.07 Å². The van der Waals surface area contributed by atoms with Gasteiger partial charge in [0.15, 0.2) is 0 Å². The van der Waals surface area contributed by atoms with Gasteiger partial charge < -0.3 is 5.73 Å². The van der Waals surface area contributed by atoms with Gasteiger partial charge in [0.25, 0.3) is 0 Å². The highest BCUT2D eigenvalue weighted by atomic mass is 35.5. The van der Waals surface area contributed by atoms with Crippen molar-refractivity contribution in [3.05, 3.63) is 68.7 Å². The fourth-order valence-electron chi connectivity index (χ4n) is 2.02. The molecule has 1 atom stereocenters. The van der Waals surface area contributed by atoms with Crippen LogP contribution in [-0.2, 0) is 6.42 Å². The molecule has 0 spiro atoms. The molecule has 0 aliphatic carbocycles. The summed E-state index contributed by atoms with van der Waals surface area (Å²) in [6.07, 6.45) is 0.786. The molecule has 2 rings (SSSR count). The summed E-state index contributed by atoms with van der Waals surface area (Å²) < 4.78 is 0. The van der Waals surface area contributed by atoms with E-state index in [1.807, 2.05) is 36.4 Å². The third-order valence-corrected chi connectivity index (χ3v) is 3.95. The van der Waals surface area contributed by atoms with Crippen molar-refractivity contribution in [2.24, 2.45) is 5.73 Å². The second kappa shape index (κ2) is 6.62. The fraction of sp³-hybridized carbons (Fsp3) is 0.200. The summed E-state index contributed by atoms with van der Waals surface area (Å²) in [5.74, 6) is 0.218. The van der Waals surface area contributed by atoms with Crippen LogP contribution in [0.4, 0.5) is 0 Å². The molecular weight excluding hydrogens is 301 g/mol. The van der Waals surface area contributed by atoms with Crippen LogP contribution in [-0.4, -0.2) is 6.54 Å². The van der Waals surface area contributed by atoms with Gasteiger partial charge >= 0.3 is 0 Å². The van der Waals surface area contributed by atoms with E-state index >= 15 is 0 Å². The number of hydrogen-bond acceptors (Lipinski definition) is 1. The second-order valence-electron chi connectivity index (χ2n) is 4.42. The Bertz CT molecular complexity index is 552. The predicted molar refractivity (Wildman–Crippen MR) is 83.4 cm³/mol. The Hall–Kier alpha value is -0.730. The van der Waals surface area contributed by atoms with Crippen LogP contribution in [0.2, 0.25) is 15.1 Å². The summed E-state index contributed by atoms with van der Waals surface area (Å²) in [7, 11) is 0. The molecule has 2 aromatic rings. The number of nitrogens with two attached hydrogens (primary N) is 1. The van der Waals surface area contributed by atoms with Gasteiger partial charge in [-0.2, -0.15) is 0 Å². The molecule has 0 saturated heterocycles. The molecule has 0 saturated carbocycles. The van der Waals surface area contributed by atoms with Gasteiger partial charge in [-0.15, -0.1) is 0 Å². The van der Waals surface area contributed by atoms with Crippen LogP contribution in [0.5, 0.6) is 0 Å². The highest BCUT2D eigenvalue weighted by molar-refractivity contribution is 6.35. The predicted octanol–water partition coefficient (Wildman–Crippen LogP) is 4.93. The number of benzene rings is 2. The monoisotopic (exact) mass is 313 g/mol. The van der Waals surface area contributed by atoms with E-state index in [0.29, 0.717) is 16.6 Å². The van der Waals surface area contributed by atoms with E-state index in [9.17, 15) is 0 Å². The Labute approximate surface area is 128 Å². The summed E-state index contributed by atoms with van der Waals surface area (Å²) in [5, 5.41) is 2.05. The molecule has 0 fully saturated rings. The minimum absolute atomic E-state index is 0.218. The lowest BCUT2D eigenvalue weighted by molar-refractivity contribution is 0.694. The molecule has 0 aliphatic rings. The van der Waals surface area contributed by atoms with Crippen LogP contribution < -0.4 is 5.73 Å². The minimum Gasteiger partial charge on any atom is -0.330 e. The molecule has 0 bridgehead atoms. The first kappa shape index (κ1) is 14.7. The van der Waals surface area contributed by atoms with Crippen molar-refractivity contribution in [1.82, 2.24) is 0 Å². The van der Waals surface area contributed by atoms with Gasteiger partial charge in [-0.25, -0.2) is 0 Å². The second-order valence-corrected chi connectivity index (χ2v) is 5.70. The molecule has 4 heteroatoms. The van der Waals surface area contributed by atoms with Gasteiger partial charge in [0.1, 0.15) is 0 Å². The molecule has 0 radical (unpaired) electrons. The third-order valence-electron chi connectivity index (χ3n) is 3.11. The first-order chi connectivity index (χ1) is 9.10. The van der Waals surface area contributed by atoms with Crippen molar-refractivity contribution in [2.75, 3.05) is 6.54 Å². The van der Waals surface area contributed by atoms with Crippen LogP contribution in [0.25, 0.3) is 0 Å². The van der Waals surface area contributed by atoms with E-state index in [0.717, 1.165) is 22.6 Å². The molecule has 19 heavy (non-hydrogen) atoms. The summed E-state index contributed by atoms with van der Waals surface area (Å²) in [6.45, 7) is 0.556. The SMILES string of the molecule is NCC(Cc1ccc(Cl)cc1Cl)c1ccc(Cl)cc1. The number of rotatable bonds is 4. The van der Waals surface area contributed by atoms with Gasteiger partial charge in [-0.1, -0.05) is 53.0 Å². The number of halogens is 3. The topological polar surface area (TPSA) is 26.0 Å². The smallest absolute Gasteiger partial charge is 0.0453 e. The first-order valence-corrected chi connectivity index (χ1v) is 7.13. The zero-order valence-corrected chi connectivity index (χ0v) is 12.5. The van der Waals surface area contributed by atoms with Crippen molar-refractivity contribution in [1.29, 1.82) is 0 Å². The van der Waals surface area contributed by atoms with Crippen LogP contribution in [0, 0.1) is 0 Å². The highest BCUT2D eigenvalue weighted by Crippen LogP contribution is 2.27. The van der Waals surface area contributed by atoms with Crippen molar-refractivity contribution in [2.45, 2.75) is 12.3 Å². The van der Waals surface area contributed by atoms with Gasteiger partial charge in [-0.05, 0) is 48.4 Å². The zero-order chi connectivity index (χ0) is 13.8. The molecule has 2 N–H and O–H groups in total. The summed E-state index contributed by atoms with van der Waals surface area (Å²) in [5.41, 5.74) is 8.09. The molecule has 1 nitrogen and oxygen atoms in total. The molecule has 0 aromatic heterocycles. The first-order valence-electron chi connectivity index (χ1n) is 5.99. The maximum atomic E-state index is 6.20. The van der Waals surface area contributed by atoms with Crippen molar-refractivity contribution in [3.8, 4) is 0 Å². The summed E-state index contributed by atoms with van der Waals surface area (Å²) in [4.78, 5) is 0. The average Bonchev–Trinajstić information content (AvgIpc) is 2.39. The molecule has 0 aliphatic heterocycles. The fourth-order valence-corrected chi connectivity index (χ4v) is 2.64. The van der Waals surface area contributed by atoms with Crippen LogP contribution in [0.15, 0.2) is 42.5 Å². The van der Waals surface area contributed by atoms with E-state index in [-0.39, 0.29) is 5.92 Å². The van der Waals surface area contributed by atoms with Crippen LogP contribution >= 0.6 is 34.8 Å². The molecule has 100 valence electrons. The maximum Gasteiger partial charge on any atom is 0.0453 e. The van der Waals surface area contributed by atoms with Crippen LogP contribution in [0.1, 0.15) is 17.0 Å². The lowest BCUT2D eigenvalue weighted by Gasteiger charge is -2.16. The van der Waals surface area contributed by atoms with Crippen LogP contribution in [0.3, 0.4) is 0 Å². The largest absolute Gasteiger partial charge is 0.330 e. The van der Waals surface area contributed by atoms with Gasteiger partial charge in [0.2, 0.25) is 0 Å². The van der Waals surface area contributed by atoms with E-state index in [4.69, 9.17) is 40.5 Å². The highest BCUT2D eigenvalue weighted by Gasteiger charge is 2.12. The standard InChI is InChI=1S/C15H14Cl3N/c16-13-4-1-10(2-5-13)12(9-19)7-11-3-6-14(17)8-15(11)18/h1-6,8,12H,7,9,19H2. The van der Waals surface area contributed by atoms with Crippen molar-refractivity contribution >= 4 is 34.8 Å². The van der Waals surface area contributed by atoms with E-state index < -0.39 is 0 Å². The number of hydrogen-bond donors (Lipinski definition) is 1. The lowest BCUT2D eigenvalue weighted by Crippen LogP contribution is -2.15. The van der Waals surface area contributed by atoms with E-state index in [2.05, 4.69) is 0 Å². The molecular formula is C15H14Cl3N. The van der Waals surface area contributed by atoms with E-state index in [1.165, 1.54) is 0 Å². The molecule has 2 aromatic carbocycles. The van der Waals surface area contributed by atoms with Gasteiger partial charge in [0, 0.05) is 21.0 Å². The molecule has 0 heterocycles. The maximum absolute atomic E-state index is 6.20.